The van der Waals surface area contributed by atoms with Gasteiger partial charge in [-0.1, -0.05) is 54.9 Å². The van der Waals surface area contributed by atoms with Crippen molar-refractivity contribution in [1.29, 1.82) is 0 Å². The molecule has 11 heteroatoms. The van der Waals surface area contributed by atoms with Crippen LogP contribution in [-0.2, 0) is 11.3 Å². The van der Waals surface area contributed by atoms with Crippen molar-refractivity contribution < 1.29 is 19.4 Å². The highest BCUT2D eigenvalue weighted by molar-refractivity contribution is 6.29. The fraction of sp³-hybridized carbons (Fsp3) is 0.192. The Morgan fingerprint density at radius 3 is 2.46 bits per heavy atom. The van der Waals surface area contributed by atoms with Crippen LogP contribution in [0.5, 0.6) is 11.6 Å². The van der Waals surface area contributed by atoms with Crippen LogP contribution in [0.25, 0.3) is 0 Å². The molecule has 10 nitrogen and oxygen atoms in total. The van der Waals surface area contributed by atoms with E-state index < -0.39 is 17.9 Å². The maximum Gasteiger partial charge on any atom is 0.329 e. The van der Waals surface area contributed by atoms with Crippen molar-refractivity contribution in [2.24, 2.45) is 10.9 Å². The number of benzene rings is 2. The van der Waals surface area contributed by atoms with Crippen LogP contribution in [0.2, 0.25) is 5.15 Å². The number of hydrogen-bond donors (Lipinski definition) is 2. The number of aliphatic imine (C=N–C) groups is 1. The SMILES string of the molecule is C=C1N(C[C@H](C)C(=O)O)C(=O)N/C(=N\c2ccc(Oc3cnc(Cl)cn3)cc2)N1Cc1ccc(C)cc1. The van der Waals surface area contributed by atoms with Gasteiger partial charge in [-0.15, -0.1) is 0 Å². The fourth-order valence-corrected chi connectivity index (χ4v) is 3.57. The van der Waals surface area contributed by atoms with Gasteiger partial charge in [-0.25, -0.2) is 19.8 Å². The summed E-state index contributed by atoms with van der Waals surface area (Å²) in [5, 5.41) is 12.4. The van der Waals surface area contributed by atoms with Gasteiger partial charge < -0.3 is 9.84 Å². The number of hydrogen-bond acceptors (Lipinski definition) is 6. The number of aromatic nitrogens is 2. The van der Waals surface area contributed by atoms with E-state index in [0.29, 0.717) is 29.7 Å². The van der Waals surface area contributed by atoms with Crippen molar-refractivity contribution in [1.82, 2.24) is 25.1 Å². The van der Waals surface area contributed by atoms with Crippen LogP contribution in [0.4, 0.5) is 10.5 Å². The summed E-state index contributed by atoms with van der Waals surface area (Å²) in [7, 11) is 0. The number of nitrogens with zero attached hydrogens (tertiary/aromatic N) is 5. The molecule has 2 heterocycles. The van der Waals surface area contributed by atoms with Gasteiger partial charge in [0.05, 0.1) is 30.5 Å². The number of urea groups is 1. The molecule has 1 saturated heterocycles. The molecule has 1 fully saturated rings. The predicted molar refractivity (Wildman–Crippen MR) is 139 cm³/mol. The van der Waals surface area contributed by atoms with Crippen LogP contribution in [0.3, 0.4) is 0 Å². The number of carbonyl (C=O) groups excluding carboxylic acids is 1. The summed E-state index contributed by atoms with van der Waals surface area (Å²) >= 11 is 5.75. The molecular weight excluding hydrogens is 496 g/mol. The van der Waals surface area contributed by atoms with Crippen molar-refractivity contribution in [2.45, 2.75) is 20.4 Å². The van der Waals surface area contributed by atoms with Gasteiger partial charge in [0.15, 0.2) is 0 Å². The van der Waals surface area contributed by atoms with Gasteiger partial charge in [0.1, 0.15) is 16.7 Å². The molecule has 0 saturated carbocycles. The number of guanidine groups is 1. The zero-order valence-electron chi connectivity index (χ0n) is 20.3. The normalized spacial score (nSPS) is 15.5. The van der Waals surface area contributed by atoms with E-state index in [2.05, 4.69) is 26.9 Å². The van der Waals surface area contributed by atoms with Gasteiger partial charge in [0, 0.05) is 6.54 Å². The third kappa shape index (κ3) is 6.42. The number of aryl methyl sites for hydroxylation is 1. The number of carboxylic acid groups (broad SMARTS) is 1. The van der Waals surface area contributed by atoms with E-state index in [9.17, 15) is 14.7 Å². The standard InChI is InChI=1S/C26H25ClN6O4/c1-16-4-6-19(7-5-16)15-32-18(3)33(14-17(2)24(34)35)26(36)31-25(32)30-20-8-10-21(11-9-20)37-23-13-28-22(27)12-29-23/h4-13,17H,3,14-15H2,1-2H3,(H,34,35)(H,30,31,36)/t17-/m0/s1. The number of carbonyl (C=O) groups is 2. The molecular formula is C26H25ClN6O4. The first-order valence-electron chi connectivity index (χ1n) is 11.4. The molecule has 1 aliphatic rings. The maximum absolute atomic E-state index is 12.9. The molecule has 2 aromatic carbocycles. The number of nitrogens with one attached hydrogen (secondary N) is 1. The Morgan fingerprint density at radius 2 is 1.84 bits per heavy atom. The zero-order chi connectivity index (χ0) is 26.5. The van der Waals surface area contributed by atoms with Gasteiger partial charge in [-0.05, 0) is 36.8 Å². The minimum Gasteiger partial charge on any atom is -0.481 e. The smallest absolute Gasteiger partial charge is 0.329 e. The summed E-state index contributed by atoms with van der Waals surface area (Å²) in [6, 6.07) is 14.3. The molecule has 2 N–H and O–H groups in total. The molecule has 1 atom stereocenters. The minimum atomic E-state index is -1.00. The third-order valence-electron chi connectivity index (χ3n) is 5.57. The van der Waals surface area contributed by atoms with E-state index in [0.717, 1.165) is 11.1 Å². The van der Waals surface area contributed by atoms with Gasteiger partial charge in [-0.2, -0.15) is 0 Å². The second kappa shape index (κ2) is 11.1. The molecule has 1 aliphatic heterocycles. The Morgan fingerprint density at radius 1 is 1.14 bits per heavy atom. The quantitative estimate of drug-likeness (QED) is 0.431. The van der Waals surface area contributed by atoms with E-state index in [1.807, 2.05) is 31.2 Å². The summed E-state index contributed by atoms with van der Waals surface area (Å²) in [5.74, 6) is -0.371. The summed E-state index contributed by atoms with van der Waals surface area (Å²) in [6.45, 7) is 7.96. The van der Waals surface area contributed by atoms with Crippen molar-refractivity contribution in [3.8, 4) is 11.6 Å². The van der Waals surface area contributed by atoms with Crippen LogP contribution in [0.1, 0.15) is 18.1 Å². The van der Waals surface area contributed by atoms with Gasteiger partial charge >= 0.3 is 12.0 Å². The third-order valence-corrected chi connectivity index (χ3v) is 5.77. The van der Waals surface area contributed by atoms with E-state index in [1.165, 1.54) is 24.2 Å². The van der Waals surface area contributed by atoms with Crippen LogP contribution in [0.15, 0.2) is 78.3 Å². The second-order valence-corrected chi connectivity index (χ2v) is 8.86. The van der Waals surface area contributed by atoms with E-state index in [-0.39, 0.29) is 17.7 Å². The Balaban J connectivity index is 1.59. The highest BCUT2D eigenvalue weighted by Crippen LogP contribution is 2.25. The zero-order valence-corrected chi connectivity index (χ0v) is 21.0. The molecule has 0 bridgehead atoms. The highest BCUT2D eigenvalue weighted by atomic mass is 35.5. The van der Waals surface area contributed by atoms with Crippen molar-refractivity contribution in [2.75, 3.05) is 6.54 Å². The number of halogens is 1. The van der Waals surface area contributed by atoms with E-state index in [1.54, 1.807) is 29.2 Å². The summed E-state index contributed by atoms with van der Waals surface area (Å²) in [4.78, 5) is 40.0. The van der Waals surface area contributed by atoms with Gasteiger partial charge in [0.25, 0.3) is 0 Å². The number of rotatable bonds is 8. The number of ether oxygens (including phenoxy) is 1. The number of amides is 2. The van der Waals surface area contributed by atoms with Crippen LogP contribution in [-0.4, -0.2) is 49.4 Å². The first kappa shape index (κ1) is 25.6. The molecule has 190 valence electrons. The Hall–Kier alpha value is -4.44. The summed E-state index contributed by atoms with van der Waals surface area (Å²) < 4.78 is 5.66. The van der Waals surface area contributed by atoms with Crippen LogP contribution < -0.4 is 10.1 Å². The lowest BCUT2D eigenvalue weighted by molar-refractivity contribution is -0.141. The fourth-order valence-electron chi connectivity index (χ4n) is 3.47. The maximum atomic E-state index is 12.9. The molecule has 37 heavy (non-hydrogen) atoms. The average molecular weight is 521 g/mol. The van der Waals surface area contributed by atoms with Crippen molar-refractivity contribution in [3.05, 3.63) is 89.6 Å². The molecule has 2 amide bonds. The van der Waals surface area contributed by atoms with Crippen molar-refractivity contribution in [3.63, 3.8) is 0 Å². The second-order valence-electron chi connectivity index (χ2n) is 8.48. The summed E-state index contributed by atoms with van der Waals surface area (Å²) in [6.07, 6.45) is 2.80. The lowest BCUT2D eigenvalue weighted by atomic mass is 10.1. The lowest BCUT2D eigenvalue weighted by Crippen LogP contribution is -2.58. The Kier molecular flexibility index (Phi) is 7.69. The van der Waals surface area contributed by atoms with E-state index >= 15 is 0 Å². The Bertz CT molecular complexity index is 1330. The highest BCUT2D eigenvalue weighted by Gasteiger charge is 2.34. The Labute approximate surface area is 218 Å². The van der Waals surface area contributed by atoms with Crippen LogP contribution >= 0.6 is 11.6 Å². The number of carboxylic acids is 1. The molecule has 1 aromatic heterocycles. The summed E-state index contributed by atoms with van der Waals surface area (Å²) in [5.41, 5.74) is 2.64. The number of aliphatic carboxylic acids is 1. The average Bonchev–Trinajstić information content (AvgIpc) is 2.87. The largest absolute Gasteiger partial charge is 0.481 e. The molecule has 0 radical (unpaired) electrons. The van der Waals surface area contributed by atoms with Gasteiger partial charge in [0.2, 0.25) is 11.8 Å². The minimum absolute atomic E-state index is 0.0305. The molecule has 0 spiro atoms. The predicted octanol–water partition coefficient (Wildman–Crippen LogP) is 4.94. The lowest BCUT2D eigenvalue weighted by Gasteiger charge is -2.40. The van der Waals surface area contributed by atoms with Crippen LogP contribution in [0, 0.1) is 12.8 Å². The first-order valence-corrected chi connectivity index (χ1v) is 11.7. The monoisotopic (exact) mass is 520 g/mol. The molecule has 0 unspecified atom stereocenters. The van der Waals surface area contributed by atoms with Crippen molar-refractivity contribution >= 4 is 35.2 Å². The van der Waals surface area contributed by atoms with Gasteiger partial charge in [-0.3, -0.25) is 19.9 Å². The first-order chi connectivity index (χ1) is 17.7. The molecule has 4 rings (SSSR count). The topological polar surface area (TPSA) is 120 Å². The molecule has 0 aliphatic carbocycles. The molecule has 3 aromatic rings. The van der Waals surface area contributed by atoms with E-state index in [4.69, 9.17) is 16.3 Å².